The number of carbonyl (C=O) groups is 2. The molecule has 0 aliphatic rings. The number of nitrogens with one attached hydrogen (secondary N) is 1. The number of amides is 1. The minimum atomic E-state index is -1.01. The zero-order valence-corrected chi connectivity index (χ0v) is 27.6. The van der Waals surface area contributed by atoms with Crippen molar-refractivity contribution in [3.05, 3.63) is 24.3 Å². The van der Waals surface area contributed by atoms with E-state index in [4.69, 9.17) is 4.74 Å². The van der Waals surface area contributed by atoms with Crippen molar-refractivity contribution in [3.63, 3.8) is 0 Å². The summed E-state index contributed by atoms with van der Waals surface area (Å²) in [6, 6.07) is -0.846. The Bertz CT molecular complexity index is 678. The molecule has 0 saturated heterocycles. The van der Waals surface area contributed by atoms with Gasteiger partial charge in [0.15, 0.2) is 6.10 Å². The Kier molecular flexibility index (Phi) is 29.6. The van der Waals surface area contributed by atoms with Gasteiger partial charge < -0.3 is 20.3 Å². The van der Waals surface area contributed by atoms with Crippen molar-refractivity contribution in [3.8, 4) is 0 Å². The topological polar surface area (TPSA) is 95.9 Å². The summed E-state index contributed by atoms with van der Waals surface area (Å²) in [6.45, 7) is 5.39. The Labute approximate surface area is 259 Å². The maximum Gasteiger partial charge on any atom is 0.303 e. The summed E-state index contributed by atoms with van der Waals surface area (Å²) in [5.74, 6) is -0.969. The fraction of sp³-hybridized carbons (Fsp3) is 0.833. The molecule has 0 heterocycles. The number of rotatable bonds is 30. The van der Waals surface area contributed by atoms with Gasteiger partial charge in [-0.3, -0.25) is 9.59 Å². The first-order chi connectivity index (χ1) is 20.5. The predicted molar refractivity (Wildman–Crippen MR) is 176 cm³/mol. The number of hydrogen-bond acceptors (Lipinski definition) is 5. The van der Waals surface area contributed by atoms with Crippen molar-refractivity contribution in [2.75, 3.05) is 6.61 Å². The Hall–Kier alpha value is -1.66. The van der Waals surface area contributed by atoms with Crippen LogP contribution in [0.5, 0.6) is 0 Å². The van der Waals surface area contributed by atoms with E-state index in [9.17, 15) is 19.8 Å². The first-order valence-corrected chi connectivity index (χ1v) is 17.5. The molecule has 0 aromatic carbocycles. The van der Waals surface area contributed by atoms with Crippen molar-refractivity contribution in [1.29, 1.82) is 0 Å². The van der Waals surface area contributed by atoms with Gasteiger partial charge in [0.25, 0.3) is 5.91 Å². The summed E-state index contributed by atoms with van der Waals surface area (Å²) in [4.78, 5) is 24.4. The Morgan fingerprint density at radius 3 is 1.62 bits per heavy atom. The number of aliphatic hydroxyl groups excluding tert-OH is 2. The van der Waals surface area contributed by atoms with E-state index in [1.807, 2.05) is 6.08 Å². The van der Waals surface area contributed by atoms with Gasteiger partial charge in [0.2, 0.25) is 0 Å². The smallest absolute Gasteiger partial charge is 0.303 e. The molecular weight excluding hydrogens is 526 g/mol. The maximum atomic E-state index is 12.8. The average molecular weight is 594 g/mol. The van der Waals surface area contributed by atoms with Crippen molar-refractivity contribution >= 4 is 11.9 Å². The molecule has 0 saturated carbocycles. The van der Waals surface area contributed by atoms with Crippen LogP contribution < -0.4 is 5.32 Å². The van der Waals surface area contributed by atoms with Crippen molar-refractivity contribution in [1.82, 2.24) is 5.32 Å². The third-order valence-corrected chi connectivity index (χ3v) is 7.83. The SMILES string of the molecule is CCCCCCCCC/C=C\CC/C=C/[C@@H](O)[C@H](CO)NC(=O)[C@@H](CCCCCCCCCCCCCC)OC(C)=O. The molecule has 3 N–H and O–H groups in total. The number of esters is 1. The molecular formula is C36H67NO5. The van der Waals surface area contributed by atoms with Crippen LogP contribution in [-0.4, -0.2) is 46.9 Å². The van der Waals surface area contributed by atoms with E-state index in [-0.39, 0.29) is 0 Å². The van der Waals surface area contributed by atoms with Crippen LogP contribution in [-0.2, 0) is 14.3 Å². The number of carbonyl (C=O) groups excluding carboxylic acids is 2. The zero-order chi connectivity index (χ0) is 31.1. The first-order valence-electron chi connectivity index (χ1n) is 17.5. The molecule has 42 heavy (non-hydrogen) atoms. The zero-order valence-electron chi connectivity index (χ0n) is 27.6. The summed E-state index contributed by atoms with van der Waals surface area (Å²) in [6.07, 6.45) is 33.1. The van der Waals surface area contributed by atoms with Crippen LogP contribution in [0, 0.1) is 0 Å². The molecule has 0 spiro atoms. The van der Waals surface area contributed by atoms with Gasteiger partial charge in [-0.25, -0.2) is 0 Å². The van der Waals surface area contributed by atoms with E-state index >= 15 is 0 Å². The summed E-state index contributed by atoms with van der Waals surface area (Å²) < 4.78 is 5.28. The molecule has 0 aliphatic carbocycles. The molecule has 0 aliphatic heterocycles. The average Bonchev–Trinajstić information content (AvgIpc) is 2.97. The third-order valence-electron chi connectivity index (χ3n) is 7.83. The van der Waals surface area contributed by atoms with Crippen LogP contribution in [0.4, 0.5) is 0 Å². The number of allylic oxidation sites excluding steroid dienone is 3. The Morgan fingerprint density at radius 2 is 1.12 bits per heavy atom. The van der Waals surface area contributed by atoms with Gasteiger partial charge in [-0.05, 0) is 38.5 Å². The molecule has 3 atom stereocenters. The number of ether oxygens (including phenoxy) is 1. The van der Waals surface area contributed by atoms with Crippen LogP contribution in [0.25, 0.3) is 0 Å². The lowest BCUT2D eigenvalue weighted by atomic mass is 10.0. The van der Waals surface area contributed by atoms with Gasteiger partial charge in [-0.15, -0.1) is 0 Å². The number of hydrogen-bond donors (Lipinski definition) is 3. The van der Waals surface area contributed by atoms with Gasteiger partial charge in [-0.1, -0.05) is 147 Å². The first kappa shape index (κ1) is 40.3. The minimum absolute atomic E-state index is 0.402. The highest BCUT2D eigenvalue weighted by Gasteiger charge is 2.26. The predicted octanol–water partition coefficient (Wildman–Crippen LogP) is 8.88. The van der Waals surface area contributed by atoms with Crippen LogP contribution >= 0.6 is 0 Å². The van der Waals surface area contributed by atoms with E-state index in [2.05, 4.69) is 31.3 Å². The van der Waals surface area contributed by atoms with Gasteiger partial charge in [0.05, 0.1) is 18.8 Å². The van der Waals surface area contributed by atoms with E-state index in [0.717, 1.165) is 38.5 Å². The molecule has 6 heteroatoms. The lowest BCUT2D eigenvalue weighted by Crippen LogP contribution is -2.49. The van der Waals surface area contributed by atoms with E-state index in [0.29, 0.717) is 6.42 Å². The number of aliphatic hydroxyl groups is 2. The molecule has 0 unspecified atom stereocenters. The van der Waals surface area contributed by atoms with Gasteiger partial charge in [-0.2, -0.15) is 0 Å². The highest BCUT2D eigenvalue weighted by molar-refractivity contribution is 5.83. The van der Waals surface area contributed by atoms with Crippen molar-refractivity contribution < 1.29 is 24.5 Å². The molecule has 1 amide bonds. The second kappa shape index (κ2) is 30.8. The fourth-order valence-corrected chi connectivity index (χ4v) is 5.15. The minimum Gasteiger partial charge on any atom is -0.452 e. The van der Waals surface area contributed by atoms with E-state index < -0.39 is 36.7 Å². The maximum absolute atomic E-state index is 12.8. The Balaban J connectivity index is 4.21. The number of unbranched alkanes of at least 4 members (excludes halogenated alkanes) is 19. The molecule has 0 bridgehead atoms. The van der Waals surface area contributed by atoms with E-state index in [1.165, 1.54) is 110 Å². The highest BCUT2D eigenvalue weighted by atomic mass is 16.5. The molecule has 246 valence electrons. The second-order valence-corrected chi connectivity index (χ2v) is 12.0. The standard InChI is InChI=1S/C36H67NO5/c1-4-6-8-10-12-14-16-18-19-21-23-25-27-29-34(40)33(31-38)37-36(41)35(42-32(3)39)30-28-26-24-22-20-17-15-13-11-9-7-5-2/h19,21,27,29,33-35,38,40H,4-18,20,22-26,28,30-31H2,1-3H3,(H,37,41)/b21-19-,29-27+/t33-,34+,35+/m0/s1. The lowest BCUT2D eigenvalue weighted by Gasteiger charge is -2.23. The van der Waals surface area contributed by atoms with Crippen molar-refractivity contribution in [2.24, 2.45) is 0 Å². The summed E-state index contributed by atoms with van der Waals surface area (Å²) in [5.41, 5.74) is 0. The summed E-state index contributed by atoms with van der Waals surface area (Å²) in [5, 5.41) is 23.0. The highest BCUT2D eigenvalue weighted by Crippen LogP contribution is 2.15. The van der Waals surface area contributed by atoms with E-state index in [1.54, 1.807) is 6.08 Å². The third kappa shape index (κ3) is 26.0. The quantitative estimate of drug-likeness (QED) is 0.0439. The molecule has 0 aromatic heterocycles. The largest absolute Gasteiger partial charge is 0.452 e. The second-order valence-electron chi connectivity index (χ2n) is 12.0. The molecule has 0 aromatic rings. The van der Waals surface area contributed by atoms with Crippen LogP contribution in [0.15, 0.2) is 24.3 Å². The fourth-order valence-electron chi connectivity index (χ4n) is 5.15. The summed E-state index contributed by atoms with van der Waals surface area (Å²) in [7, 11) is 0. The molecule has 0 rings (SSSR count). The molecule has 6 nitrogen and oxygen atoms in total. The van der Waals surface area contributed by atoms with Crippen molar-refractivity contribution in [2.45, 2.75) is 187 Å². The van der Waals surface area contributed by atoms with Gasteiger partial charge in [0, 0.05) is 6.92 Å². The van der Waals surface area contributed by atoms with Crippen LogP contribution in [0.1, 0.15) is 168 Å². The summed E-state index contributed by atoms with van der Waals surface area (Å²) >= 11 is 0. The normalized spacial score (nSPS) is 13.9. The van der Waals surface area contributed by atoms with Gasteiger partial charge >= 0.3 is 5.97 Å². The lowest BCUT2D eigenvalue weighted by molar-refractivity contribution is -0.155. The molecule has 0 radical (unpaired) electrons. The van der Waals surface area contributed by atoms with Crippen LogP contribution in [0.2, 0.25) is 0 Å². The van der Waals surface area contributed by atoms with Crippen LogP contribution in [0.3, 0.4) is 0 Å². The Morgan fingerprint density at radius 1 is 0.667 bits per heavy atom. The van der Waals surface area contributed by atoms with Gasteiger partial charge in [0.1, 0.15) is 0 Å². The monoisotopic (exact) mass is 594 g/mol. The molecule has 0 fully saturated rings.